The van der Waals surface area contributed by atoms with Gasteiger partial charge < -0.3 is 16.4 Å². The van der Waals surface area contributed by atoms with Gasteiger partial charge >= 0.3 is 0 Å². The van der Waals surface area contributed by atoms with Gasteiger partial charge in [0.15, 0.2) is 0 Å². The summed E-state index contributed by atoms with van der Waals surface area (Å²) in [4.78, 5) is 23.1. The molecule has 1 atom stereocenters. The maximum atomic E-state index is 11.6. The van der Waals surface area contributed by atoms with Crippen molar-refractivity contribution in [3.63, 3.8) is 0 Å². The second-order valence-corrected chi connectivity index (χ2v) is 4.18. The Labute approximate surface area is 111 Å². The van der Waals surface area contributed by atoms with Crippen LogP contribution in [0.3, 0.4) is 0 Å². The second-order valence-electron chi connectivity index (χ2n) is 3.78. The van der Waals surface area contributed by atoms with Crippen LogP contribution in [0.2, 0.25) is 5.02 Å². The summed E-state index contributed by atoms with van der Waals surface area (Å²) in [5, 5.41) is 5.44. The van der Waals surface area contributed by atoms with Crippen molar-refractivity contribution in [2.24, 2.45) is 5.73 Å². The number of nitrogens with one attached hydrogen (secondary N) is 2. The molecule has 0 heterocycles. The molecule has 18 heavy (non-hydrogen) atoms. The maximum Gasteiger partial charge on any atom is 0.252 e. The first-order valence-electron chi connectivity index (χ1n) is 5.57. The van der Waals surface area contributed by atoms with Crippen LogP contribution in [0, 0.1) is 0 Å². The minimum atomic E-state index is -0.566. The number of rotatable bonds is 4. The number of halogens is 1. The van der Waals surface area contributed by atoms with E-state index in [4.69, 9.17) is 17.3 Å². The van der Waals surface area contributed by atoms with Crippen molar-refractivity contribution in [1.82, 2.24) is 5.32 Å². The van der Waals surface area contributed by atoms with Gasteiger partial charge in [-0.25, -0.2) is 0 Å². The van der Waals surface area contributed by atoms with Crippen LogP contribution in [-0.4, -0.2) is 24.9 Å². The molecule has 6 heteroatoms. The minimum Gasteiger partial charge on any atom is -0.355 e. The van der Waals surface area contributed by atoms with Gasteiger partial charge in [-0.05, 0) is 24.6 Å². The van der Waals surface area contributed by atoms with Crippen LogP contribution in [0.1, 0.15) is 23.7 Å². The molecule has 0 fully saturated rings. The fourth-order valence-electron chi connectivity index (χ4n) is 1.33. The minimum absolute atomic E-state index is 0.289. The number of amides is 2. The Hall–Kier alpha value is -1.59. The van der Waals surface area contributed by atoms with Crippen LogP contribution >= 0.6 is 11.6 Å². The summed E-state index contributed by atoms with van der Waals surface area (Å²) in [6, 6.07) is 4.12. The van der Waals surface area contributed by atoms with Crippen molar-refractivity contribution in [2.45, 2.75) is 19.4 Å². The first-order valence-corrected chi connectivity index (χ1v) is 5.95. The fraction of sp³-hybridized carbons (Fsp3) is 0.333. The van der Waals surface area contributed by atoms with E-state index < -0.39 is 6.04 Å². The number of nitrogens with two attached hydrogens (primary N) is 1. The van der Waals surface area contributed by atoms with E-state index in [0.717, 1.165) is 0 Å². The molecule has 1 unspecified atom stereocenters. The van der Waals surface area contributed by atoms with E-state index in [2.05, 4.69) is 10.6 Å². The highest BCUT2D eigenvalue weighted by Gasteiger charge is 2.13. The summed E-state index contributed by atoms with van der Waals surface area (Å²) in [6.07, 6.45) is 0.543. The normalized spacial score (nSPS) is 11.8. The lowest BCUT2D eigenvalue weighted by molar-refractivity contribution is -0.117. The highest BCUT2D eigenvalue weighted by molar-refractivity contribution is 6.34. The van der Waals surface area contributed by atoms with Crippen LogP contribution in [-0.2, 0) is 4.79 Å². The number of benzene rings is 1. The molecule has 0 aliphatic rings. The molecule has 98 valence electrons. The summed E-state index contributed by atoms with van der Waals surface area (Å²) in [5.41, 5.74) is 6.40. The summed E-state index contributed by atoms with van der Waals surface area (Å²) < 4.78 is 0. The van der Waals surface area contributed by atoms with Crippen molar-refractivity contribution in [3.8, 4) is 0 Å². The van der Waals surface area contributed by atoms with E-state index in [1.54, 1.807) is 12.1 Å². The zero-order valence-corrected chi connectivity index (χ0v) is 11.0. The van der Waals surface area contributed by atoms with E-state index in [-0.39, 0.29) is 11.8 Å². The highest BCUT2D eigenvalue weighted by atomic mass is 35.5. The average molecular weight is 270 g/mol. The molecule has 5 nitrogen and oxygen atoms in total. The molecule has 0 aliphatic carbocycles. The molecule has 1 aromatic carbocycles. The highest BCUT2D eigenvalue weighted by Crippen LogP contribution is 2.20. The van der Waals surface area contributed by atoms with Gasteiger partial charge in [0.2, 0.25) is 5.91 Å². The molecule has 0 aliphatic heterocycles. The van der Waals surface area contributed by atoms with Gasteiger partial charge in [-0.2, -0.15) is 0 Å². The Morgan fingerprint density at radius 2 is 2.11 bits per heavy atom. The number of hydrogen-bond donors (Lipinski definition) is 3. The van der Waals surface area contributed by atoms with Crippen LogP contribution < -0.4 is 16.4 Å². The zero-order valence-electron chi connectivity index (χ0n) is 10.3. The molecular weight excluding hydrogens is 254 g/mol. The Balaban J connectivity index is 2.92. The third-order valence-corrected chi connectivity index (χ3v) is 2.81. The van der Waals surface area contributed by atoms with Crippen LogP contribution in [0.15, 0.2) is 18.2 Å². The predicted molar refractivity (Wildman–Crippen MR) is 71.7 cm³/mol. The molecule has 4 N–H and O–H groups in total. The fourth-order valence-corrected chi connectivity index (χ4v) is 1.54. The maximum absolute atomic E-state index is 11.6. The van der Waals surface area contributed by atoms with Crippen molar-refractivity contribution < 1.29 is 9.59 Å². The summed E-state index contributed by atoms with van der Waals surface area (Å²) in [7, 11) is 1.51. The molecule has 1 rings (SSSR count). The lowest BCUT2D eigenvalue weighted by atomic mass is 10.1. The van der Waals surface area contributed by atoms with Gasteiger partial charge in [0.25, 0.3) is 5.91 Å². The predicted octanol–water partition coefficient (Wildman–Crippen LogP) is 1.38. The molecule has 0 saturated heterocycles. The summed E-state index contributed by atoms with van der Waals surface area (Å²) in [6.45, 7) is 1.82. The van der Waals surface area contributed by atoms with E-state index >= 15 is 0 Å². The van der Waals surface area contributed by atoms with Crippen molar-refractivity contribution >= 4 is 29.1 Å². The molecule has 0 saturated carbocycles. The molecule has 0 bridgehead atoms. The molecule has 1 aromatic rings. The van der Waals surface area contributed by atoms with Crippen molar-refractivity contribution in [3.05, 3.63) is 28.8 Å². The third kappa shape index (κ3) is 3.45. The van der Waals surface area contributed by atoms with Gasteiger partial charge in [0, 0.05) is 12.7 Å². The second kappa shape index (κ2) is 6.37. The molecule has 0 radical (unpaired) electrons. The smallest absolute Gasteiger partial charge is 0.252 e. The molecule has 0 aromatic heterocycles. The van der Waals surface area contributed by atoms with E-state index in [0.29, 0.717) is 22.7 Å². The van der Waals surface area contributed by atoms with E-state index in [1.807, 2.05) is 6.92 Å². The van der Waals surface area contributed by atoms with Gasteiger partial charge in [-0.15, -0.1) is 0 Å². The van der Waals surface area contributed by atoms with Crippen molar-refractivity contribution in [2.75, 3.05) is 12.4 Å². The first kappa shape index (κ1) is 14.5. The molecule has 0 spiro atoms. The molecular formula is C12H16ClN3O2. The zero-order chi connectivity index (χ0) is 13.7. The number of carbonyl (C=O) groups excluding carboxylic acids is 2. The number of hydrogen-bond acceptors (Lipinski definition) is 3. The van der Waals surface area contributed by atoms with Gasteiger partial charge in [-0.3, -0.25) is 9.59 Å². The van der Waals surface area contributed by atoms with Gasteiger partial charge in [-0.1, -0.05) is 18.5 Å². The Kier molecular flexibility index (Phi) is 5.12. The van der Waals surface area contributed by atoms with Crippen LogP contribution in [0.5, 0.6) is 0 Å². The van der Waals surface area contributed by atoms with Gasteiger partial charge in [0.05, 0.1) is 16.6 Å². The van der Waals surface area contributed by atoms with Crippen molar-refractivity contribution in [1.29, 1.82) is 0 Å². The number of anilines is 1. The molecule has 2 amide bonds. The standard InChI is InChI=1S/C12H16ClN3O2/c1-3-10(14)12(18)16-7-4-5-9(13)8(6-7)11(17)15-2/h4-6,10H,3,14H2,1-2H3,(H,15,17)(H,16,18). The van der Waals surface area contributed by atoms with E-state index in [9.17, 15) is 9.59 Å². The third-order valence-electron chi connectivity index (χ3n) is 2.48. The topological polar surface area (TPSA) is 84.2 Å². The lowest BCUT2D eigenvalue weighted by Crippen LogP contribution is -2.34. The quantitative estimate of drug-likeness (QED) is 0.772. The first-order chi connectivity index (χ1) is 8.49. The Morgan fingerprint density at radius 1 is 1.44 bits per heavy atom. The van der Waals surface area contributed by atoms with Crippen LogP contribution in [0.25, 0.3) is 0 Å². The summed E-state index contributed by atoms with van der Waals surface area (Å²) in [5.74, 6) is -0.599. The van der Waals surface area contributed by atoms with Gasteiger partial charge in [0.1, 0.15) is 0 Å². The lowest BCUT2D eigenvalue weighted by Gasteiger charge is -2.11. The summed E-state index contributed by atoms with van der Waals surface area (Å²) >= 11 is 5.90. The van der Waals surface area contributed by atoms with Crippen LogP contribution in [0.4, 0.5) is 5.69 Å². The average Bonchev–Trinajstić information content (AvgIpc) is 2.38. The SMILES string of the molecule is CCC(N)C(=O)Nc1ccc(Cl)c(C(=O)NC)c1. The monoisotopic (exact) mass is 269 g/mol. The van der Waals surface area contributed by atoms with E-state index in [1.165, 1.54) is 13.1 Å². The number of carbonyl (C=O) groups is 2. The largest absolute Gasteiger partial charge is 0.355 e. The Bertz CT molecular complexity index is 463. The Morgan fingerprint density at radius 3 is 2.67 bits per heavy atom.